The van der Waals surface area contributed by atoms with E-state index < -0.39 is 0 Å². The lowest BCUT2D eigenvalue weighted by Crippen LogP contribution is -2.39. The van der Waals surface area contributed by atoms with Gasteiger partial charge in [-0.25, -0.2) is 0 Å². The van der Waals surface area contributed by atoms with Gasteiger partial charge in [-0.05, 0) is 37.0 Å². The average Bonchev–Trinajstić information content (AvgIpc) is 3.31. The highest BCUT2D eigenvalue weighted by molar-refractivity contribution is 8.00. The number of hydrogen-bond acceptors (Lipinski definition) is 3. The van der Waals surface area contributed by atoms with Crippen LogP contribution >= 0.6 is 11.8 Å². The lowest BCUT2D eigenvalue weighted by molar-refractivity contribution is -0.136. The molecule has 2 aliphatic heterocycles. The van der Waals surface area contributed by atoms with Gasteiger partial charge in [0.1, 0.15) is 0 Å². The molecule has 0 aromatic heterocycles. The molecule has 2 saturated heterocycles. The summed E-state index contributed by atoms with van der Waals surface area (Å²) < 4.78 is 0. The normalized spacial score (nSPS) is 21.6. The Balaban J connectivity index is 1.30. The first kappa shape index (κ1) is 19.1. The van der Waals surface area contributed by atoms with Crippen LogP contribution in [0.2, 0.25) is 0 Å². The van der Waals surface area contributed by atoms with E-state index in [1.807, 2.05) is 58.3 Å². The number of likely N-dealkylation sites (tertiary alicyclic amines) is 2. The van der Waals surface area contributed by atoms with E-state index in [1.165, 1.54) is 5.56 Å². The molecule has 0 saturated carbocycles. The fourth-order valence-corrected chi connectivity index (χ4v) is 5.05. The molecule has 2 fully saturated rings. The second-order valence-electron chi connectivity index (χ2n) is 7.73. The summed E-state index contributed by atoms with van der Waals surface area (Å²) in [6, 6.07) is 20.3. The largest absolute Gasteiger partial charge is 0.342 e. The molecule has 146 valence electrons. The van der Waals surface area contributed by atoms with Crippen LogP contribution in [0.5, 0.6) is 0 Å². The van der Waals surface area contributed by atoms with Crippen LogP contribution in [0.25, 0.3) is 0 Å². The van der Waals surface area contributed by atoms with Gasteiger partial charge in [-0.15, -0.1) is 11.8 Å². The quantitative estimate of drug-likeness (QED) is 0.705. The Morgan fingerprint density at radius 3 is 2.39 bits per heavy atom. The van der Waals surface area contributed by atoms with E-state index in [1.54, 1.807) is 11.8 Å². The fourth-order valence-electron chi connectivity index (χ4n) is 4.23. The molecule has 4 nitrogen and oxygen atoms in total. The van der Waals surface area contributed by atoms with Crippen molar-refractivity contribution in [2.24, 2.45) is 5.41 Å². The van der Waals surface area contributed by atoms with E-state index in [-0.39, 0.29) is 17.2 Å². The molecule has 0 radical (unpaired) electrons. The van der Waals surface area contributed by atoms with Crippen molar-refractivity contribution in [2.75, 3.05) is 31.9 Å². The van der Waals surface area contributed by atoms with Crippen molar-refractivity contribution in [3.63, 3.8) is 0 Å². The van der Waals surface area contributed by atoms with Gasteiger partial charge in [0, 0.05) is 31.1 Å². The SMILES string of the molecule is O=C(CSc1ccccc1)N1CCC2(CCN(CCc3ccccc3)C2=O)C1. The first-order valence-corrected chi connectivity index (χ1v) is 10.9. The molecule has 1 spiro atoms. The molecule has 1 unspecified atom stereocenters. The van der Waals surface area contributed by atoms with Crippen molar-refractivity contribution in [3.8, 4) is 0 Å². The van der Waals surface area contributed by atoms with Crippen LogP contribution in [0.4, 0.5) is 0 Å². The monoisotopic (exact) mass is 394 g/mol. The van der Waals surface area contributed by atoms with Crippen LogP contribution in [0.15, 0.2) is 65.6 Å². The molecule has 0 aliphatic carbocycles. The zero-order valence-electron chi connectivity index (χ0n) is 16.0. The van der Waals surface area contributed by atoms with E-state index in [9.17, 15) is 9.59 Å². The molecule has 2 aromatic rings. The summed E-state index contributed by atoms with van der Waals surface area (Å²) in [5.74, 6) is 0.821. The predicted molar refractivity (Wildman–Crippen MR) is 112 cm³/mol. The third-order valence-corrected chi connectivity index (χ3v) is 6.92. The van der Waals surface area contributed by atoms with E-state index in [0.717, 1.165) is 37.2 Å². The van der Waals surface area contributed by atoms with Crippen LogP contribution in [0.1, 0.15) is 18.4 Å². The molecule has 1 atom stereocenters. The Kier molecular flexibility index (Phi) is 5.72. The predicted octanol–water partition coefficient (Wildman–Crippen LogP) is 3.47. The molecule has 4 rings (SSSR count). The number of carbonyl (C=O) groups is 2. The maximum Gasteiger partial charge on any atom is 0.232 e. The van der Waals surface area contributed by atoms with E-state index in [2.05, 4.69) is 12.1 Å². The van der Waals surface area contributed by atoms with Gasteiger partial charge in [0.05, 0.1) is 11.2 Å². The number of hydrogen-bond donors (Lipinski definition) is 0. The van der Waals surface area contributed by atoms with Crippen LogP contribution in [0, 0.1) is 5.41 Å². The second kappa shape index (κ2) is 8.39. The van der Waals surface area contributed by atoms with Gasteiger partial charge in [0.15, 0.2) is 0 Å². The van der Waals surface area contributed by atoms with Crippen molar-refractivity contribution in [3.05, 3.63) is 66.2 Å². The highest BCUT2D eigenvalue weighted by atomic mass is 32.2. The first-order chi connectivity index (χ1) is 13.7. The lowest BCUT2D eigenvalue weighted by atomic mass is 9.85. The van der Waals surface area contributed by atoms with Gasteiger partial charge in [-0.2, -0.15) is 0 Å². The molecule has 2 aliphatic rings. The number of carbonyl (C=O) groups excluding carboxylic acids is 2. The maximum absolute atomic E-state index is 13.1. The van der Waals surface area contributed by atoms with Crippen LogP contribution in [-0.2, 0) is 16.0 Å². The summed E-state index contributed by atoms with van der Waals surface area (Å²) >= 11 is 1.57. The van der Waals surface area contributed by atoms with Crippen LogP contribution < -0.4 is 0 Å². The summed E-state index contributed by atoms with van der Waals surface area (Å²) in [6.07, 6.45) is 2.56. The second-order valence-corrected chi connectivity index (χ2v) is 8.77. The van der Waals surface area contributed by atoms with E-state index in [4.69, 9.17) is 0 Å². The number of rotatable bonds is 6. The van der Waals surface area contributed by atoms with Gasteiger partial charge in [-0.1, -0.05) is 48.5 Å². The van der Waals surface area contributed by atoms with Crippen LogP contribution in [-0.4, -0.2) is 53.5 Å². The average molecular weight is 395 g/mol. The highest BCUT2D eigenvalue weighted by Crippen LogP contribution is 2.41. The van der Waals surface area contributed by atoms with E-state index >= 15 is 0 Å². The van der Waals surface area contributed by atoms with Gasteiger partial charge < -0.3 is 9.80 Å². The smallest absolute Gasteiger partial charge is 0.232 e. The standard InChI is InChI=1S/C23H26N2O2S/c26-21(17-28-20-9-5-2-6-10-20)25-16-13-23(18-25)12-15-24(22(23)27)14-11-19-7-3-1-4-8-19/h1-10H,11-18H2. The minimum Gasteiger partial charge on any atom is -0.342 e. The van der Waals surface area contributed by atoms with Gasteiger partial charge in [0.25, 0.3) is 0 Å². The first-order valence-electron chi connectivity index (χ1n) is 9.95. The summed E-state index contributed by atoms with van der Waals surface area (Å²) in [5.41, 5.74) is 0.918. The zero-order chi connectivity index (χ0) is 19.4. The molecular formula is C23H26N2O2S. The van der Waals surface area contributed by atoms with Gasteiger partial charge >= 0.3 is 0 Å². The molecule has 0 N–H and O–H groups in total. The molecular weight excluding hydrogens is 368 g/mol. The van der Waals surface area contributed by atoms with Crippen molar-refractivity contribution in [2.45, 2.75) is 24.2 Å². The van der Waals surface area contributed by atoms with Crippen molar-refractivity contribution < 1.29 is 9.59 Å². The topological polar surface area (TPSA) is 40.6 Å². The highest BCUT2D eigenvalue weighted by Gasteiger charge is 2.51. The summed E-state index contributed by atoms with van der Waals surface area (Å²) in [6.45, 7) is 2.86. The third-order valence-electron chi connectivity index (χ3n) is 5.93. The Morgan fingerprint density at radius 1 is 0.964 bits per heavy atom. The Morgan fingerprint density at radius 2 is 1.64 bits per heavy atom. The number of amides is 2. The van der Waals surface area contributed by atoms with Gasteiger partial charge in [-0.3, -0.25) is 9.59 Å². The van der Waals surface area contributed by atoms with Gasteiger partial charge in [0.2, 0.25) is 11.8 Å². The number of benzene rings is 2. The zero-order valence-corrected chi connectivity index (χ0v) is 16.9. The minimum absolute atomic E-state index is 0.140. The Labute approximate surface area is 170 Å². The molecule has 2 heterocycles. The van der Waals surface area contributed by atoms with Crippen molar-refractivity contribution >= 4 is 23.6 Å². The maximum atomic E-state index is 13.1. The summed E-state index contributed by atoms with van der Waals surface area (Å²) in [5, 5.41) is 0. The Hall–Kier alpha value is -2.27. The molecule has 28 heavy (non-hydrogen) atoms. The minimum atomic E-state index is -0.343. The summed E-state index contributed by atoms with van der Waals surface area (Å²) in [4.78, 5) is 30.7. The van der Waals surface area contributed by atoms with Crippen molar-refractivity contribution in [1.29, 1.82) is 0 Å². The third kappa shape index (κ3) is 4.09. The van der Waals surface area contributed by atoms with E-state index in [0.29, 0.717) is 18.8 Å². The fraction of sp³-hybridized carbons (Fsp3) is 0.391. The number of nitrogens with zero attached hydrogens (tertiary/aromatic N) is 2. The molecule has 2 aromatic carbocycles. The lowest BCUT2D eigenvalue weighted by Gasteiger charge is -2.23. The molecule has 5 heteroatoms. The number of thioether (sulfide) groups is 1. The molecule has 2 amide bonds. The van der Waals surface area contributed by atoms with Crippen molar-refractivity contribution in [1.82, 2.24) is 9.80 Å². The Bertz CT molecular complexity index is 827. The molecule has 0 bridgehead atoms. The summed E-state index contributed by atoms with van der Waals surface area (Å²) in [7, 11) is 0. The van der Waals surface area contributed by atoms with Crippen LogP contribution in [0.3, 0.4) is 0 Å².